The average molecular weight is 286 g/mol. The minimum absolute atomic E-state index is 0.120. The fourth-order valence-electron chi connectivity index (χ4n) is 2.08. The van der Waals surface area contributed by atoms with Crippen LogP contribution >= 0.6 is 0 Å². The Morgan fingerprint density at radius 2 is 1.90 bits per heavy atom. The van der Waals surface area contributed by atoms with Crippen LogP contribution in [0.2, 0.25) is 0 Å². The molecule has 2 aromatic carbocycles. The Kier molecular flexibility index (Phi) is 5.09. The molecular weight excluding hydrogens is 267 g/mol. The fraction of sp³-hybridized carbons (Fsp3) is 0.278. The molecule has 110 valence electrons. The molecule has 0 aliphatic carbocycles. The van der Waals surface area contributed by atoms with Gasteiger partial charge < -0.3 is 4.74 Å². The third-order valence-corrected chi connectivity index (χ3v) is 3.28. The fourth-order valence-corrected chi connectivity index (χ4v) is 2.08. The molecule has 3 heteroatoms. The van der Waals surface area contributed by atoms with Crippen molar-refractivity contribution in [3.8, 4) is 16.9 Å². The van der Waals surface area contributed by atoms with Gasteiger partial charge in [-0.15, -0.1) is 0 Å². The molecule has 0 aliphatic rings. The van der Waals surface area contributed by atoms with E-state index in [-0.39, 0.29) is 11.3 Å². The van der Waals surface area contributed by atoms with Crippen molar-refractivity contribution >= 4 is 5.78 Å². The summed E-state index contributed by atoms with van der Waals surface area (Å²) in [6, 6.07) is 12.2. The second-order valence-corrected chi connectivity index (χ2v) is 4.98. The standard InChI is InChI=1S/C18H19FO2/c1-3-4-10-21-16-7-5-6-14(11-16)15-8-9-17(13(2)20)18(19)12-15/h5-9,11-12H,3-4,10H2,1-2H3. The molecule has 0 saturated heterocycles. The molecule has 0 fully saturated rings. The number of ketones is 1. The van der Waals surface area contributed by atoms with Crippen LogP contribution in [0.1, 0.15) is 37.0 Å². The van der Waals surface area contributed by atoms with E-state index in [1.807, 2.05) is 24.3 Å². The molecule has 0 bridgehead atoms. The van der Waals surface area contributed by atoms with Crippen molar-refractivity contribution < 1.29 is 13.9 Å². The molecule has 0 radical (unpaired) electrons. The van der Waals surface area contributed by atoms with E-state index in [4.69, 9.17) is 4.74 Å². The number of Topliss-reactive ketones (excluding diaryl/α,β-unsaturated/α-hetero) is 1. The Bertz CT molecular complexity index is 635. The highest BCUT2D eigenvalue weighted by Crippen LogP contribution is 2.26. The summed E-state index contributed by atoms with van der Waals surface area (Å²) in [4.78, 5) is 11.3. The van der Waals surface area contributed by atoms with Crippen molar-refractivity contribution in [2.45, 2.75) is 26.7 Å². The number of carbonyl (C=O) groups excluding carboxylic acids is 1. The first-order chi connectivity index (χ1) is 10.1. The number of benzene rings is 2. The summed E-state index contributed by atoms with van der Waals surface area (Å²) in [6.07, 6.45) is 2.09. The van der Waals surface area contributed by atoms with Crippen molar-refractivity contribution in [1.29, 1.82) is 0 Å². The summed E-state index contributed by atoms with van der Waals surface area (Å²) in [7, 11) is 0. The second kappa shape index (κ2) is 7.02. The monoisotopic (exact) mass is 286 g/mol. The maximum Gasteiger partial charge on any atom is 0.162 e. The van der Waals surface area contributed by atoms with E-state index >= 15 is 0 Å². The highest BCUT2D eigenvalue weighted by molar-refractivity contribution is 5.94. The largest absolute Gasteiger partial charge is 0.494 e. The Morgan fingerprint density at radius 3 is 2.57 bits per heavy atom. The van der Waals surface area contributed by atoms with Crippen LogP contribution in [0.4, 0.5) is 4.39 Å². The quantitative estimate of drug-likeness (QED) is 0.559. The summed E-state index contributed by atoms with van der Waals surface area (Å²) in [5, 5.41) is 0. The van der Waals surface area contributed by atoms with E-state index in [2.05, 4.69) is 6.92 Å². The van der Waals surface area contributed by atoms with E-state index in [1.165, 1.54) is 19.1 Å². The summed E-state index contributed by atoms with van der Waals surface area (Å²) >= 11 is 0. The predicted octanol–water partition coefficient (Wildman–Crippen LogP) is 4.87. The average Bonchev–Trinajstić information content (AvgIpc) is 2.47. The molecular formula is C18H19FO2. The maximum absolute atomic E-state index is 13.9. The van der Waals surface area contributed by atoms with Gasteiger partial charge in [-0.2, -0.15) is 0 Å². The van der Waals surface area contributed by atoms with Crippen molar-refractivity contribution in [2.75, 3.05) is 6.61 Å². The molecule has 0 saturated carbocycles. The number of halogens is 1. The van der Waals surface area contributed by atoms with E-state index in [1.54, 1.807) is 6.07 Å². The van der Waals surface area contributed by atoms with Crippen molar-refractivity contribution in [2.24, 2.45) is 0 Å². The molecule has 0 N–H and O–H groups in total. The van der Waals surface area contributed by atoms with Gasteiger partial charge in [0.1, 0.15) is 11.6 Å². The Morgan fingerprint density at radius 1 is 1.14 bits per heavy atom. The topological polar surface area (TPSA) is 26.3 Å². The number of hydrogen-bond donors (Lipinski definition) is 0. The van der Waals surface area contributed by atoms with Gasteiger partial charge in [-0.05, 0) is 48.7 Å². The SMILES string of the molecule is CCCCOc1cccc(-c2ccc(C(C)=O)c(F)c2)c1. The second-order valence-electron chi connectivity index (χ2n) is 4.98. The number of rotatable bonds is 6. The lowest BCUT2D eigenvalue weighted by Crippen LogP contribution is -1.98. The van der Waals surface area contributed by atoms with Crippen molar-refractivity contribution in [1.82, 2.24) is 0 Å². The van der Waals surface area contributed by atoms with E-state index in [9.17, 15) is 9.18 Å². The van der Waals surface area contributed by atoms with Crippen LogP contribution in [0.15, 0.2) is 42.5 Å². The van der Waals surface area contributed by atoms with Gasteiger partial charge in [-0.1, -0.05) is 31.5 Å². The van der Waals surface area contributed by atoms with Crippen LogP contribution in [0, 0.1) is 5.82 Å². The zero-order valence-corrected chi connectivity index (χ0v) is 12.4. The lowest BCUT2D eigenvalue weighted by molar-refractivity contribution is 0.101. The Hall–Kier alpha value is -2.16. The summed E-state index contributed by atoms with van der Waals surface area (Å²) < 4.78 is 19.5. The summed E-state index contributed by atoms with van der Waals surface area (Å²) in [6.45, 7) is 4.15. The van der Waals surface area contributed by atoms with E-state index in [0.717, 1.165) is 29.7 Å². The van der Waals surface area contributed by atoms with Crippen LogP contribution in [-0.4, -0.2) is 12.4 Å². The van der Waals surface area contributed by atoms with E-state index in [0.29, 0.717) is 6.61 Å². The third-order valence-electron chi connectivity index (χ3n) is 3.28. The number of carbonyl (C=O) groups is 1. The van der Waals surface area contributed by atoms with Crippen LogP contribution in [0.5, 0.6) is 5.75 Å². The smallest absolute Gasteiger partial charge is 0.162 e. The molecule has 0 heterocycles. The van der Waals surface area contributed by atoms with Crippen molar-refractivity contribution in [3.63, 3.8) is 0 Å². The van der Waals surface area contributed by atoms with E-state index < -0.39 is 5.82 Å². The van der Waals surface area contributed by atoms with Gasteiger partial charge in [0.2, 0.25) is 0 Å². The third kappa shape index (κ3) is 3.91. The van der Waals surface area contributed by atoms with Gasteiger partial charge in [-0.25, -0.2) is 4.39 Å². The molecule has 0 aliphatic heterocycles. The predicted molar refractivity (Wildman–Crippen MR) is 82.2 cm³/mol. The Labute approximate surface area is 124 Å². The van der Waals surface area contributed by atoms with Crippen LogP contribution < -0.4 is 4.74 Å². The minimum Gasteiger partial charge on any atom is -0.494 e. The number of unbranched alkanes of at least 4 members (excludes halogenated alkanes) is 1. The van der Waals surface area contributed by atoms with Gasteiger partial charge in [0, 0.05) is 0 Å². The van der Waals surface area contributed by atoms with Crippen LogP contribution in [-0.2, 0) is 0 Å². The molecule has 0 unspecified atom stereocenters. The Balaban J connectivity index is 2.23. The molecule has 0 spiro atoms. The first-order valence-corrected chi connectivity index (χ1v) is 7.15. The van der Waals surface area contributed by atoms with Crippen LogP contribution in [0.25, 0.3) is 11.1 Å². The lowest BCUT2D eigenvalue weighted by atomic mass is 10.0. The molecule has 0 amide bonds. The van der Waals surface area contributed by atoms with Gasteiger partial charge in [0.15, 0.2) is 5.78 Å². The normalized spacial score (nSPS) is 10.4. The van der Waals surface area contributed by atoms with Crippen LogP contribution in [0.3, 0.4) is 0 Å². The summed E-state index contributed by atoms with van der Waals surface area (Å²) in [5.41, 5.74) is 1.73. The number of hydrogen-bond acceptors (Lipinski definition) is 2. The molecule has 2 rings (SSSR count). The first kappa shape index (κ1) is 15.2. The van der Waals surface area contributed by atoms with Crippen molar-refractivity contribution in [3.05, 3.63) is 53.8 Å². The highest BCUT2D eigenvalue weighted by Gasteiger charge is 2.09. The molecule has 2 aromatic rings. The molecule has 2 nitrogen and oxygen atoms in total. The summed E-state index contributed by atoms with van der Waals surface area (Å²) in [5.74, 6) is 0.0185. The molecule has 21 heavy (non-hydrogen) atoms. The minimum atomic E-state index is -0.489. The lowest BCUT2D eigenvalue weighted by Gasteiger charge is -2.08. The van der Waals surface area contributed by atoms with Gasteiger partial charge in [-0.3, -0.25) is 4.79 Å². The van der Waals surface area contributed by atoms with Gasteiger partial charge >= 0.3 is 0 Å². The molecule has 0 aromatic heterocycles. The highest BCUT2D eigenvalue weighted by atomic mass is 19.1. The zero-order valence-electron chi connectivity index (χ0n) is 12.4. The van der Waals surface area contributed by atoms with Gasteiger partial charge in [0.05, 0.1) is 12.2 Å². The van der Waals surface area contributed by atoms with Gasteiger partial charge in [0.25, 0.3) is 0 Å². The maximum atomic E-state index is 13.9. The number of ether oxygens (including phenoxy) is 1. The molecule has 0 atom stereocenters. The first-order valence-electron chi connectivity index (χ1n) is 7.15. The zero-order chi connectivity index (χ0) is 15.2.